The van der Waals surface area contributed by atoms with Crippen LogP contribution >= 0.6 is 0 Å². The Morgan fingerprint density at radius 2 is 1.74 bits per heavy atom. The first kappa shape index (κ1) is 23.7. The van der Waals surface area contributed by atoms with Crippen molar-refractivity contribution >= 4 is 15.9 Å². The van der Waals surface area contributed by atoms with Crippen LogP contribution in [-0.4, -0.2) is 38.9 Å². The second-order valence-electron chi connectivity index (χ2n) is 7.89. The maximum Gasteiger partial charge on any atom is 0.244 e. The van der Waals surface area contributed by atoms with Gasteiger partial charge in [-0.3, -0.25) is 4.79 Å². The molecule has 0 aromatic heterocycles. The third-order valence-corrected chi connectivity index (χ3v) is 7.74. The molecule has 3 aromatic carbocycles. The van der Waals surface area contributed by atoms with Crippen LogP contribution in [0.3, 0.4) is 0 Å². The zero-order valence-corrected chi connectivity index (χ0v) is 19.6. The van der Waals surface area contributed by atoms with Crippen LogP contribution in [0.2, 0.25) is 0 Å². The molecule has 1 amide bonds. The molecule has 1 aliphatic rings. The summed E-state index contributed by atoms with van der Waals surface area (Å²) in [5.41, 5.74) is 2.43. The van der Waals surface area contributed by atoms with Gasteiger partial charge in [0, 0.05) is 18.7 Å². The molecule has 0 saturated heterocycles. The van der Waals surface area contributed by atoms with Crippen molar-refractivity contribution in [2.75, 3.05) is 14.2 Å². The lowest BCUT2D eigenvalue weighted by molar-refractivity contribution is -0.125. The molecule has 34 heavy (non-hydrogen) atoms. The lowest BCUT2D eigenvalue weighted by Crippen LogP contribution is -2.52. The molecule has 1 N–H and O–H groups in total. The van der Waals surface area contributed by atoms with Crippen molar-refractivity contribution in [3.63, 3.8) is 0 Å². The topological polar surface area (TPSA) is 84.9 Å². The SMILES string of the molecule is COc1ccc(OC)c(CNC(=O)[C@H]2Cc3ccccc3CN2S(=O)(=O)c2ccc(F)cc2)c1. The molecule has 0 radical (unpaired) electrons. The number of amides is 1. The highest BCUT2D eigenvalue weighted by Crippen LogP contribution is 2.30. The Hall–Kier alpha value is -3.43. The van der Waals surface area contributed by atoms with Gasteiger partial charge in [0.25, 0.3) is 0 Å². The zero-order chi connectivity index (χ0) is 24.3. The predicted octanol–water partition coefficient (Wildman–Crippen LogP) is 3.27. The third kappa shape index (κ3) is 4.76. The molecule has 178 valence electrons. The van der Waals surface area contributed by atoms with Gasteiger partial charge < -0.3 is 14.8 Å². The summed E-state index contributed by atoms with van der Waals surface area (Å²) in [5.74, 6) is 0.206. The van der Waals surface area contributed by atoms with Gasteiger partial charge in [0.2, 0.25) is 15.9 Å². The Kier molecular flexibility index (Phi) is 6.85. The number of halogens is 1. The van der Waals surface area contributed by atoms with Crippen LogP contribution in [0.25, 0.3) is 0 Å². The summed E-state index contributed by atoms with van der Waals surface area (Å²) >= 11 is 0. The van der Waals surface area contributed by atoms with E-state index < -0.39 is 27.8 Å². The van der Waals surface area contributed by atoms with Crippen molar-refractivity contribution in [3.8, 4) is 11.5 Å². The molecule has 3 aromatic rings. The van der Waals surface area contributed by atoms with E-state index in [0.717, 1.165) is 23.3 Å². The van der Waals surface area contributed by atoms with Crippen LogP contribution in [0.15, 0.2) is 71.6 Å². The van der Waals surface area contributed by atoms with E-state index in [1.54, 1.807) is 25.3 Å². The molecule has 0 saturated carbocycles. The Morgan fingerprint density at radius 1 is 1.03 bits per heavy atom. The summed E-state index contributed by atoms with van der Waals surface area (Å²) < 4.78 is 52.1. The summed E-state index contributed by atoms with van der Waals surface area (Å²) in [7, 11) is -0.988. The van der Waals surface area contributed by atoms with E-state index in [-0.39, 0.29) is 24.4 Å². The van der Waals surface area contributed by atoms with Gasteiger partial charge in [-0.1, -0.05) is 24.3 Å². The number of hydrogen-bond donors (Lipinski definition) is 1. The van der Waals surface area contributed by atoms with E-state index in [4.69, 9.17) is 9.47 Å². The number of nitrogens with zero attached hydrogens (tertiary/aromatic N) is 1. The van der Waals surface area contributed by atoms with E-state index >= 15 is 0 Å². The van der Waals surface area contributed by atoms with Crippen molar-refractivity contribution in [2.45, 2.75) is 30.4 Å². The highest BCUT2D eigenvalue weighted by Gasteiger charge is 2.39. The highest BCUT2D eigenvalue weighted by molar-refractivity contribution is 7.89. The van der Waals surface area contributed by atoms with Crippen molar-refractivity contribution in [1.29, 1.82) is 0 Å². The molecule has 1 heterocycles. The Balaban J connectivity index is 1.63. The predicted molar refractivity (Wildman–Crippen MR) is 124 cm³/mol. The molecule has 4 rings (SSSR count). The molecule has 0 fully saturated rings. The Morgan fingerprint density at radius 3 is 2.41 bits per heavy atom. The molecule has 0 spiro atoms. The summed E-state index contributed by atoms with van der Waals surface area (Å²) in [4.78, 5) is 13.3. The first-order valence-electron chi connectivity index (χ1n) is 10.7. The monoisotopic (exact) mass is 484 g/mol. The summed E-state index contributed by atoms with van der Waals surface area (Å²) in [6, 6.07) is 16.3. The summed E-state index contributed by atoms with van der Waals surface area (Å²) in [5, 5.41) is 2.85. The molecule has 7 nitrogen and oxygen atoms in total. The fraction of sp³-hybridized carbons (Fsp3) is 0.240. The summed E-state index contributed by atoms with van der Waals surface area (Å²) in [6.45, 7) is 0.165. The van der Waals surface area contributed by atoms with Crippen molar-refractivity contribution in [1.82, 2.24) is 9.62 Å². The normalized spacial score (nSPS) is 15.9. The Labute approximate surface area is 198 Å². The molecule has 0 unspecified atom stereocenters. The quantitative estimate of drug-likeness (QED) is 0.557. The van der Waals surface area contributed by atoms with Crippen LogP contribution in [0.1, 0.15) is 16.7 Å². The number of rotatable bonds is 7. The van der Waals surface area contributed by atoms with Crippen molar-refractivity contribution in [3.05, 3.63) is 89.2 Å². The van der Waals surface area contributed by atoms with E-state index in [1.165, 1.54) is 23.5 Å². The number of ether oxygens (including phenoxy) is 2. The number of nitrogens with one attached hydrogen (secondary N) is 1. The van der Waals surface area contributed by atoms with E-state index in [0.29, 0.717) is 17.1 Å². The van der Waals surface area contributed by atoms with Crippen LogP contribution in [0, 0.1) is 5.82 Å². The molecular weight excluding hydrogens is 459 g/mol. The molecule has 0 bridgehead atoms. The number of benzene rings is 3. The van der Waals surface area contributed by atoms with E-state index in [2.05, 4.69) is 5.32 Å². The minimum Gasteiger partial charge on any atom is -0.497 e. The van der Waals surface area contributed by atoms with Crippen molar-refractivity contribution in [2.24, 2.45) is 0 Å². The summed E-state index contributed by atoms with van der Waals surface area (Å²) in [6.07, 6.45) is 0.220. The lowest BCUT2D eigenvalue weighted by atomic mass is 9.95. The number of carbonyl (C=O) groups is 1. The average Bonchev–Trinajstić information content (AvgIpc) is 2.86. The smallest absolute Gasteiger partial charge is 0.244 e. The van der Waals surface area contributed by atoms with Gasteiger partial charge in [0.15, 0.2) is 0 Å². The second-order valence-corrected chi connectivity index (χ2v) is 9.78. The van der Waals surface area contributed by atoms with Gasteiger partial charge in [0.05, 0.1) is 19.1 Å². The van der Waals surface area contributed by atoms with Gasteiger partial charge in [-0.25, -0.2) is 12.8 Å². The van der Waals surface area contributed by atoms with Gasteiger partial charge in [-0.2, -0.15) is 4.31 Å². The van der Waals surface area contributed by atoms with Gasteiger partial charge in [0.1, 0.15) is 23.4 Å². The molecular formula is C25H25FN2O5S. The van der Waals surface area contributed by atoms with E-state index in [9.17, 15) is 17.6 Å². The van der Waals surface area contributed by atoms with Gasteiger partial charge in [-0.05, 0) is 60.0 Å². The zero-order valence-electron chi connectivity index (χ0n) is 18.8. The van der Waals surface area contributed by atoms with Crippen LogP contribution < -0.4 is 14.8 Å². The molecule has 1 aliphatic heterocycles. The van der Waals surface area contributed by atoms with Gasteiger partial charge in [-0.15, -0.1) is 0 Å². The largest absolute Gasteiger partial charge is 0.497 e. The first-order chi connectivity index (χ1) is 16.3. The minimum absolute atomic E-state index is 0.0381. The maximum atomic E-state index is 13.5. The van der Waals surface area contributed by atoms with Crippen LogP contribution in [-0.2, 0) is 34.3 Å². The number of carbonyl (C=O) groups excluding carboxylic acids is 1. The number of hydrogen-bond acceptors (Lipinski definition) is 5. The number of methoxy groups -OCH3 is 2. The van der Waals surface area contributed by atoms with Gasteiger partial charge >= 0.3 is 0 Å². The first-order valence-corrected chi connectivity index (χ1v) is 12.1. The Bertz CT molecular complexity index is 1290. The molecule has 0 aliphatic carbocycles. The molecule has 1 atom stereocenters. The fourth-order valence-corrected chi connectivity index (χ4v) is 5.60. The van der Waals surface area contributed by atoms with Crippen LogP contribution in [0.4, 0.5) is 4.39 Å². The lowest BCUT2D eigenvalue weighted by Gasteiger charge is -2.35. The average molecular weight is 485 g/mol. The minimum atomic E-state index is -4.06. The standard InChI is InChI=1S/C25H25FN2O5S/c1-32-21-9-12-24(33-2)19(13-21)15-27-25(29)23-14-17-5-3-4-6-18(17)16-28(23)34(30,31)22-10-7-20(26)8-11-22/h3-13,23H,14-16H2,1-2H3,(H,27,29)/t23-/m1/s1. The van der Waals surface area contributed by atoms with Crippen molar-refractivity contribution < 1.29 is 27.1 Å². The van der Waals surface area contributed by atoms with Crippen LogP contribution in [0.5, 0.6) is 11.5 Å². The highest BCUT2D eigenvalue weighted by atomic mass is 32.2. The fourth-order valence-electron chi connectivity index (χ4n) is 4.04. The second kappa shape index (κ2) is 9.82. The number of fused-ring (bicyclic) bond motifs is 1. The maximum absolute atomic E-state index is 13.5. The van der Waals surface area contributed by atoms with E-state index in [1.807, 2.05) is 24.3 Å². The molecule has 9 heteroatoms. The third-order valence-electron chi connectivity index (χ3n) is 5.87. The number of sulfonamides is 1.